The number of rotatable bonds is 9. The van der Waals surface area contributed by atoms with E-state index in [9.17, 15) is 5.11 Å². The molecule has 0 saturated carbocycles. The summed E-state index contributed by atoms with van der Waals surface area (Å²) in [4.78, 5) is 8.94. The number of aliphatic hydroxyl groups is 2. The lowest BCUT2D eigenvalue weighted by Crippen LogP contribution is -2.49. The van der Waals surface area contributed by atoms with Gasteiger partial charge in [-0.15, -0.1) is 0 Å². The minimum Gasteiger partial charge on any atom is -0.491 e. The molecule has 1 atom stereocenters. The second-order valence-corrected chi connectivity index (χ2v) is 8.66. The second kappa shape index (κ2) is 10.9. The van der Waals surface area contributed by atoms with Gasteiger partial charge in [0.2, 0.25) is 0 Å². The summed E-state index contributed by atoms with van der Waals surface area (Å²) in [7, 11) is 0. The number of ether oxygens (including phenoxy) is 1. The van der Waals surface area contributed by atoms with Crippen LogP contribution in [0.25, 0.3) is 21.9 Å². The summed E-state index contributed by atoms with van der Waals surface area (Å²) in [6.07, 6.45) is 4.06. The average Bonchev–Trinajstić information content (AvgIpc) is 2.82. The van der Waals surface area contributed by atoms with Gasteiger partial charge >= 0.3 is 0 Å². The van der Waals surface area contributed by atoms with E-state index >= 15 is 0 Å². The topological polar surface area (TPSA) is 69.1 Å². The molecule has 1 saturated heterocycles. The molecule has 6 heteroatoms. The Morgan fingerprint density at radius 2 is 1.69 bits per heavy atom. The molecular formula is C26H33N3O3. The van der Waals surface area contributed by atoms with Crippen molar-refractivity contribution in [3.63, 3.8) is 0 Å². The van der Waals surface area contributed by atoms with E-state index in [1.54, 1.807) is 0 Å². The molecule has 0 amide bonds. The van der Waals surface area contributed by atoms with E-state index in [0.29, 0.717) is 6.54 Å². The van der Waals surface area contributed by atoms with Crippen molar-refractivity contribution in [2.45, 2.75) is 19.4 Å². The Hall–Kier alpha value is -2.51. The van der Waals surface area contributed by atoms with Gasteiger partial charge in [0.1, 0.15) is 18.5 Å². The van der Waals surface area contributed by atoms with Crippen LogP contribution < -0.4 is 4.74 Å². The van der Waals surface area contributed by atoms with Crippen molar-refractivity contribution in [1.29, 1.82) is 0 Å². The Balaban J connectivity index is 1.29. The standard InChI is InChI=1S/C26H33N3O3/c1-20-13-24(17-27-16-20)22-3-4-23-15-26(6-5-21(23)14-22)32-19-25(31)18-29-10-8-28(9-11-29)7-2-12-30/h3-6,13-17,25,30-31H,2,7-12,18-19H2,1H3. The number of aromatic nitrogens is 1. The highest BCUT2D eigenvalue weighted by Crippen LogP contribution is 2.27. The van der Waals surface area contributed by atoms with Crippen LogP contribution in [0.3, 0.4) is 0 Å². The molecular weight excluding hydrogens is 402 g/mol. The number of hydrogen-bond donors (Lipinski definition) is 2. The normalized spacial score (nSPS) is 16.3. The van der Waals surface area contributed by atoms with Crippen molar-refractivity contribution in [3.05, 3.63) is 60.4 Å². The van der Waals surface area contributed by atoms with E-state index in [-0.39, 0.29) is 13.2 Å². The predicted molar refractivity (Wildman–Crippen MR) is 128 cm³/mol. The summed E-state index contributed by atoms with van der Waals surface area (Å²) >= 11 is 0. The number of fused-ring (bicyclic) bond motifs is 1. The summed E-state index contributed by atoms with van der Waals surface area (Å²) in [5.74, 6) is 0.773. The van der Waals surface area contributed by atoms with Crippen LogP contribution in [-0.4, -0.2) is 83.6 Å². The van der Waals surface area contributed by atoms with E-state index in [0.717, 1.165) is 72.4 Å². The molecule has 1 aromatic heterocycles. The minimum atomic E-state index is -0.522. The van der Waals surface area contributed by atoms with Crippen LogP contribution in [0.2, 0.25) is 0 Å². The van der Waals surface area contributed by atoms with Crippen LogP contribution in [0.4, 0.5) is 0 Å². The number of hydrogen-bond acceptors (Lipinski definition) is 6. The molecule has 6 nitrogen and oxygen atoms in total. The molecule has 0 bridgehead atoms. The summed E-state index contributed by atoms with van der Waals surface area (Å²) < 4.78 is 5.90. The minimum absolute atomic E-state index is 0.246. The van der Waals surface area contributed by atoms with Crippen molar-refractivity contribution >= 4 is 10.8 Å². The van der Waals surface area contributed by atoms with Gasteiger partial charge in [-0.3, -0.25) is 9.88 Å². The monoisotopic (exact) mass is 435 g/mol. The lowest BCUT2D eigenvalue weighted by molar-refractivity contribution is 0.0451. The smallest absolute Gasteiger partial charge is 0.120 e. The van der Waals surface area contributed by atoms with Crippen molar-refractivity contribution in [2.75, 3.05) is 52.5 Å². The fourth-order valence-electron chi connectivity index (χ4n) is 4.24. The average molecular weight is 436 g/mol. The molecule has 170 valence electrons. The third-order valence-electron chi connectivity index (χ3n) is 6.03. The van der Waals surface area contributed by atoms with E-state index in [1.807, 2.05) is 24.5 Å². The van der Waals surface area contributed by atoms with Crippen LogP contribution >= 0.6 is 0 Å². The summed E-state index contributed by atoms with van der Waals surface area (Å²) in [6.45, 7) is 8.00. The van der Waals surface area contributed by atoms with Crippen molar-refractivity contribution < 1.29 is 14.9 Å². The van der Waals surface area contributed by atoms with E-state index < -0.39 is 6.10 Å². The maximum absolute atomic E-state index is 10.4. The molecule has 3 aromatic rings. The van der Waals surface area contributed by atoms with Crippen molar-refractivity contribution in [2.24, 2.45) is 0 Å². The van der Waals surface area contributed by atoms with Gasteiger partial charge < -0.3 is 19.8 Å². The third kappa shape index (κ3) is 6.04. The molecule has 2 aromatic carbocycles. The highest BCUT2D eigenvalue weighted by molar-refractivity contribution is 5.88. The lowest BCUT2D eigenvalue weighted by Gasteiger charge is -2.35. The molecule has 4 rings (SSSR count). The molecule has 2 heterocycles. The lowest BCUT2D eigenvalue weighted by atomic mass is 10.0. The van der Waals surface area contributed by atoms with Gasteiger partial charge in [-0.2, -0.15) is 0 Å². The van der Waals surface area contributed by atoms with Crippen molar-refractivity contribution in [1.82, 2.24) is 14.8 Å². The first-order chi connectivity index (χ1) is 15.6. The Morgan fingerprint density at radius 3 is 2.47 bits per heavy atom. The molecule has 0 aliphatic carbocycles. The number of piperazine rings is 1. The van der Waals surface area contributed by atoms with Crippen LogP contribution in [0, 0.1) is 6.92 Å². The zero-order valence-corrected chi connectivity index (χ0v) is 18.8. The number of β-amino-alcohol motifs (C(OH)–C–C–N with tert-alkyl or cyclic N) is 1. The highest BCUT2D eigenvalue weighted by atomic mass is 16.5. The van der Waals surface area contributed by atoms with E-state index in [2.05, 4.69) is 52.0 Å². The van der Waals surface area contributed by atoms with Gasteiger partial charge in [0.05, 0.1) is 0 Å². The predicted octanol–water partition coefficient (Wildman–Crippen LogP) is 2.95. The van der Waals surface area contributed by atoms with Gasteiger partial charge in [0.15, 0.2) is 0 Å². The first kappa shape index (κ1) is 22.7. The van der Waals surface area contributed by atoms with Gasteiger partial charge in [-0.1, -0.05) is 18.2 Å². The fourth-order valence-corrected chi connectivity index (χ4v) is 4.24. The number of pyridine rings is 1. The third-order valence-corrected chi connectivity index (χ3v) is 6.03. The first-order valence-electron chi connectivity index (χ1n) is 11.4. The maximum Gasteiger partial charge on any atom is 0.120 e. The van der Waals surface area contributed by atoms with Gasteiger partial charge in [-0.25, -0.2) is 0 Å². The highest BCUT2D eigenvalue weighted by Gasteiger charge is 2.19. The Kier molecular flexibility index (Phi) is 7.71. The largest absolute Gasteiger partial charge is 0.491 e. The Bertz CT molecular complexity index is 1020. The molecule has 2 N–H and O–H groups in total. The van der Waals surface area contributed by atoms with Gasteiger partial charge in [-0.05, 0) is 59.5 Å². The number of aryl methyl sites for hydroxylation is 1. The summed E-state index contributed by atoms with van der Waals surface area (Å²) in [5.41, 5.74) is 3.41. The van der Waals surface area contributed by atoms with E-state index in [4.69, 9.17) is 9.84 Å². The van der Waals surface area contributed by atoms with Crippen LogP contribution in [-0.2, 0) is 0 Å². The molecule has 32 heavy (non-hydrogen) atoms. The van der Waals surface area contributed by atoms with Gasteiger partial charge in [0.25, 0.3) is 0 Å². The quantitative estimate of drug-likeness (QED) is 0.539. The molecule has 1 aliphatic heterocycles. The Morgan fingerprint density at radius 1 is 0.938 bits per heavy atom. The number of aliphatic hydroxyl groups excluding tert-OH is 2. The molecule has 1 aliphatic rings. The molecule has 0 radical (unpaired) electrons. The van der Waals surface area contributed by atoms with E-state index in [1.165, 1.54) is 0 Å². The van der Waals surface area contributed by atoms with Crippen molar-refractivity contribution in [3.8, 4) is 16.9 Å². The molecule has 1 unspecified atom stereocenters. The number of nitrogens with zero attached hydrogens (tertiary/aromatic N) is 3. The summed E-state index contributed by atoms with van der Waals surface area (Å²) in [5, 5.41) is 21.7. The summed E-state index contributed by atoms with van der Waals surface area (Å²) in [6, 6.07) is 14.6. The molecule has 0 spiro atoms. The molecule has 1 fully saturated rings. The van der Waals surface area contributed by atoms with Crippen LogP contribution in [0.1, 0.15) is 12.0 Å². The zero-order valence-electron chi connectivity index (χ0n) is 18.8. The number of benzene rings is 2. The maximum atomic E-state index is 10.4. The first-order valence-corrected chi connectivity index (χ1v) is 11.4. The van der Waals surface area contributed by atoms with Crippen LogP contribution in [0.5, 0.6) is 5.75 Å². The zero-order chi connectivity index (χ0) is 22.3. The van der Waals surface area contributed by atoms with Crippen LogP contribution in [0.15, 0.2) is 54.9 Å². The Labute approximate surface area is 190 Å². The fraction of sp³-hybridized carbons (Fsp3) is 0.423. The SMILES string of the molecule is Cc1cncc(-c2ccc3cc(OCC(O)CN4CCN(CCCO)CC4)ccc3c2)c1. The second-order valence-electron chi connectivity index (χ2n) is 8.66. The van der Waals surface area contributed by atoms with Gasteiger partial charge in [0, 0.05) is 63.8 Å².